The van der Waals surface area contributed by atoms with E-state index in [1.165, 1.54) is 12.1 Å². The third-order valence-electron chi connectivity index (χ3n) is 3.45. The molecule has 158 valence electrons. The molecule has 12 heteroatoms. The summed E-state index contributed by atoms with van der Waals surface area (Å²) in [5.74, 6) is -0.484. The summed E-state index contributed by atoms with van der Waals surface area (Å²) in [6.07, 6.45) is -4.62. The number of nitrogens with one attached hydrogen (secondary N) is 2. The molecular formula is C17H16ClF3N2O5S. The molecule has 0 aromatic heterocycles. The van der Waals surface area contributed by atoms with E-state index in [0.717, 1.165) is 24.3 Å². The molecule has 0 bridgehead atoms. The Hall–Kier alpha value is -2.50. The number of halogens is 4. The highest BCUT2D eigenvalue weighted by Crippen LogP contribution is 2.32. The Morgan fingerprint density at radius 3 is 2.52 bits per heavy atom. The second-order valence-electron chi connectivity index (χ2n) is 5.64. The molecule has 1 amide bonds. The number of aliphatic hydroxyl groups is 1. The van der Waals surface area contributed by atoms with Crippen molar-refractivity contribution < 1.29 is 36.2 Å². The van der Waals surface area contributed by atoms with Gasteiger partial charge in [-0.3, -0.25) is 9.52 Å². The van der Waals surface area contributed by atoms with E-state index in [9.17, 15) is 26.4 Å². The topological polar surface area (TPSA) is 105 Å². The first-order valence-corrected chi connectivity index (χ1v) is 9.89. The Kier molecular flexibility index (Phi) is 7.33. The average Bonchev–Trinajstić information content (AvgIpc) is 2.64. The van der Waals surface area contributed by atoms with Crippen LogP contribution in [0.4, 0.5) is 18.9 Å². The second-order valence-corrected chi connectivity index (χ2v) is 7.73. The van der Waals surface area contributed by atoms with Crippen molar-refractivity contribution >= 4 is 33.2 Å². The maximum Gasteiger partial charge on any atom is 0.416 e. The van der Waals surface area contributed by atoms with Crippen LogP contribution in [0, 0.1) is 0 Å². The van der Waals surface area contributed by atoms with Gasteiger partial charge in [-0.2, -0.15) is 13.2 Å². The summed E-state index contributed by atoms with van der Waals surface area (Å²) >= 11 is 5.97. The maximum atomic E-state index is 12.8. The molecule has 0 atom stereocenters. The second kappa shape index (κ2) is 9.33. The number of carbonyl (C=O) groups is 1. The number of amides is 1. The van der Waals surface area contributed by atoms with Gasteiger partial charge in [-0.25, -0.2) is 8.42 Å². The third-order valence-corrected chi connectivity index (χ3v) is 5.12. The lowest BCUT2D eigenvalue weighted by Gasteiger charge is -2.13. The SMILES string of the molecule is O=C(COc1ccc(S(=O)(=O)Nc2cccc(C(F)(F)F)c2)cc1Cl)NCCO. The van der Waals surface area contributed by atoms with Crippen LogP contribution in [-0.4, -0.2) is 39.2 Å². The molecule has 0 spiro atoms. The molecule has 3 N–H and O–H groups in total. The van der Waals surface area contributed by atoms with E-state index in [-0.39, 0.29) is 34.5 Å². The molecule has 0 aliphatic carbocycles. The van der Waals surface area contributed by atoms with E-state index in [4.69, 9.17) is 21.4 Å². The average molecular weight is 453 g/mol. The van der Waals surface area contributed by atoms with Gasteiger partial charge in [0.1, 0.15) is 5.75 Å². The van der Waals surface area contributed by atoms with Gasteiger partial charge in [0.2, 0.25) is 0 Å². The van der Waals surface area contributed by atoms with Crippen LogP contribution < -0.4 is 14.8 Å². The van der Waals surface area contributed by atoms with Gasteiger partial charge in [0.05, 0.1) is 22.1 Å². The monoisotopic (exact) mass is 452 g/mol. The minimum Gasteiger partial charge on any atom is -0.482 e. The first kappa shape index (κ1) is 22.8. The number of hydrogen-bond donors (Lipinski definition) is 3. The highest BCUT2D eigenvalue weighted by atomic mass is 35.5. The fourth-order valence-electron chi connectivity index (χ4n) is 2.13. The molecule has 2 aromatic carbocycles. The Labute approximate surface area is 169 Å². The van der Waals surface area contributed by atoms with Crippen LogP contribution in [0.1, 0.15) is 5.56 Å². The minimum absolute atomic E-state index is 0.0313. The largest absolute Gasteiger partial charge is 0.482 e. The van der Waals surface area contributed by atoms with Crippen molar-refractivity contribution in [3.63, 3.8) is 0 Å². The number of hydrogen-bond acceptors (Lipinski definition) is 5. The summed E-state index contributed by atoms with van der Waals surface area (Å²) in [7, 11) is -4.22. The summed E-state index contributed by atoms with van der Waals surface area (Å²) in [6.45, 7) is -0.597. The van der Waals surface area contributed by atoms with Crippen LogP contribution in [0.3, 0.4) is 0 Å². The quantitative estimate of drug-likeness (QED) is 0.571. The van der Waals surface area contributed by atoms with Crippen LogP contribution in [0.15, 0.2) is 47.4 Å². The Bertz CT molecular complexity index is 983. The van der Waals surface area contributed by atoms with Crippen LogP contribution in [0.25, 0.3) is 0 Å². The van der Waals surface area contributed by atoms with Gasteiger partial charge in [0.15, 0.2) is 6.61 Å². The van der Waals surface area contributed by atoms with Gasteiger partial charge in [0, 0.05) is 12.2 Å². The van der Waals surface area contributed by atoms with E-state index >= 15 is 0 Å². The summed E-state index contributed by atoms with van der Waals surface area (Å²) in [5, 5.41) is 10.9. The number of ether oxygens (including phenoxy) is 1. The molecule has 29 heavy (non-hydrogen) atoms. The van der Waals surface area contributed by atoms with Crippen LogP contribution in [0.5, 0.6) is 5.75 Å². The molecule has 0 aliphatic rings. The van der Waals surface area contributed by atoms with Gasteiger partial charge in [-0.15, -0.1) is 0 Å². The standard InChI is InChI=1S/C17H16ClF3N2O5S/c18-14-9-13(4-5-15(14)28-10-16(25)22-6-7-24)29(26,27)23-12-3-1-2-11(8-12)17(19,20)21/h1-5,8-9,23-24H,6-7,10H2,(H,22,25). The lowest BCUT2D eigenvalue weighted by molar-refractivity contribution is -0.137. The zero-order chi connectivity index (χ0) is 21.7. The molecule has 0 saturated heterocycles. The smallest absolute Gasteiger partial charge is 0.416 e. The Balaban J connectivity index is 2.13. The summed E-state index contributed by atoms with van der Waals surface area (Å²) in [5.41, 5.74) is -1.27. The lowest BCUT2D eigenvalue weighted by Crippen LogP contribution is -2.31. The molecule has 0 fully saturated rings. The summed E-state index contributed by atoms with van der Waals surface area (Å²) in [4.78, 5) is 11.1. The Morgan fingerprint density at radius 1 is 1.17 bits per heavy atom. The molecule has 0 aliphatic heterocycles. The third kappa shape index (κ3) is 6.51. The van der Waals surface area contributed by atoms with E-state index in [0.29, 0.717) is 6.07 Å². The number of rotatable bonds is 8. The van der Waals surface area contributed by atoms with Crippen molar-refractivity contribution in [3.05, 3.63) is 53.1 Å². The number of carbonyl (C=O) groups excluding carboxylic acids is 1. The van der Waals surface area contributed by atoms with Crippen molar-refractivity contribution in [1.29, 1.82) is 0 Å². The number of anilines is 1. The van der Waals surface area contributed by atoms with Crippen molar-refractivity contribution in [3.8, 4) is 5.75 Å². The van der Waals surface area contributed by atoms with E-state index < -0.39 is 34.3 Å². The molecule has 0 heterocycles. The fourth-order valence-corrected chi connectivity index (χ4v) is 3.50. The molecule has 0 radical (unpaired) electrons. The molecule has 2 rings (SSSR count). The van der Waals surface area contributed by atoms with Crippen LogP contribution in [-0.2, 0) is 21.0 Å². The number of benzene rings is 2. The normalized spacial score (nSPS) is 11.8. The van der Waals surface area contributed by atoms with Crippen molar-refractivity contribution in [2.24, 2.45) is 0 Å². The van der Waals surface area contributed by atoms with Gasteiger partial charge in [-0.05, 0) is 36.4 Å². The highest BCUT2D eigenvalue weighted by Gasteiger charge is 2.30. The number of sulfonamides is 1. The number of alkyl halides is 3. The van der Waals surface area contributed by atoms with E-state index in [1.54, 1.807) is 0 Å². The first-order valence-electron chi connectivity index (χ1n) is 8.03. The van der Waals surface area contributed by atoms with Gasteiger partial charge in [-0.1, -0.05) is 17.7 Å². The Morgan fingerprint density at radius 2 is 1.90 bits per heavy atom. The van der Waals surface area contributed by atoms with E-state index in [1.807, 2.05) is 0 Å². The lowest BCUT2D eigenvalue weighted by atomic mass is 10.2. The van der Waals surface area contributed by atoms with Crippen molar-refractivity contribution in [2.75, 3.05) is 24.5 Å². The molecule has 7 nitrogen and oxygen atoms in total. The minimum atomic E-state index is -4.62. The van der Waals surface area contributed by atoms with Crippen molar-refractivity contribution in [2.45, 2.75) is 11.1 Å². The zero-order valence-corrected chi connectivity index (χ0v) is 16.2. The summed E-state index contributed by atoms with van der Waals surface area (Å²) < 4.78 is 70.4. The zero-order valence-electron chi connectivity index (χ0n) is 14.7. The molecule has 0 unspecified atom stereocenters. The van der Waals surface area contributed by atoms with Crippen LogP contribution >= 0.6 is 11.6 Å². The predicted octanol–water partition coefficient (Wildman–Crippen LogP) is 2.65. The van der Waals surface area contributed by atoms with Crippen molar-refractivity contribution in [1.82, 2.24) is 5.32 Å². The molecule has 0 saturated carbocycles. The summed E-state index contributed by atoms with van der Waals surface area (Å²) in [6, 6.07) is 7.12. The number of aliphatic hydroxyl groups excluding tert-OH is 1. The van der Waals surface area contributed by atoms with Gasteiger partial charge in [0.25, 0.3) is 15.9 Å². The van der Waals surface area contributed by atoms with Crippen LogP contribution in [0.2, 0.25) is 5.02 Å². The van der Waals surface area contributed by atoms with Gasteiger partial charge < -0.3 is 15.2 Å². The maximum absolute atomic E-state index is 12.8. The fraction of sp³-hybridized carbons (Fsp3) is 0.235. The highest BCUT2D eigenvalue weighted by molar-refractivity contribution is 7.92. The first-order chi connectivity index (χ1) is 13.5. The van der Waals surface area contributed by atoms with E-state index in [2.05, 4.69) is 10.0 Å². The molecule has 2 aromatic rings. The molecular weight excluding hydrogens is 437 g/mol. The predicted molar refractivity (Wildman–Crippen MR) is 99.3 cm³/mol. The van der Waals surface area contributed by atoms with Gasteiger partial charge >= 0.3 is 6.18 Å².